The first-order valence-electron chi connectivity index (χ1n) is 6.65. The fourth-order valence-electron chi connectivity index (χ4n) is 2.38. The van der Waals surface area contributed by atoms with Crippen LogP contribution in [0.25, 0.3) is 0 Å². The summed E-state index contributed by atoms with van der Waals surface area (Å²) in [6, 6.07) is 3.98. The third kappa shape index (κ3) is 3.45. The molecule has 1 amide bonds. The Bertz CT molecular complexity index is 448. The number of rotatable bonds is 2. The molecule has 0 atom stereocenters. The standard InChI is InChI=1S/C14H20ClN3O/c1-10(2)17-4-6-18(7-5-17)14(19)12-8-11(3)16-13(15)9-12/h8-10H,4-7H2,1-3H3. The van der Waals surface area contributed by atoms with Gasteiger partial charge in [0.25, 0.3) is 5.91 Å². The van der Waals surface area contributed by atoms with Crippen molar-refractivity contribution in [3.05, 3.63) is 28.5 Å². The van der Waals surface area contributed by atoms with Crippen LogP contribution < -0.4 is 0 Å². The molecule has 1 aromatic heterocycles. The molecule has 0 unspecified atom stereocenters. The monoisotopic (exact) mass is 281 g/mol. The lowest BCUT2D eigenvalue weighted by Crippen LogP contribution is -2.50. The second-order valence-corrected chi connectivity index (χ2v) is 5.63. The molecule has 2 rings (SSSR count). The van der Waals surface area contributed by atoms with E-state index < -0.39 is 0 Å². The molecule has 0 aromatic carbocycles. The number of aromatic nitrogens is 1. The summed E-state index contributed by atoms with van der Waals surface area (Å²) in [6.07, 6.45) is 0. The maximum Gasteiger partial charge on any atom is 0.254 e. The quantitative estimate of drug-likeness (QED) is 0.780. The van der Waals surface area contributed by atoms with Crippen LogP contribution in [0.3, 0.4) is 0 Å². The molecule has 19 heavy (non-hydrogen) atoms. The summed E-state index contributed by atoms with van der Waals surface area (Å²) >= 11 is 5.91. The van der Waals surface area contributed by atoms with Crippen molar-refractivity contribution in [3.63, 3.8) is 0 Å². The van der Waals surface area contributed by atoms with Crippen LogP contribution in [0.2, 0.25) is 5.15 Å². The van der Waals surface area contributed by atoms with Gasteiger partial charge in [-0.2, -0.15) is 0 Å². The van der Waals surface area contributed by atoms with Crippen molar-refractivity contribution < 1.29 is 4.79 Å². The predicted molar refractivity (Wildman–Crippen MR) is 76.6 cm³/mol. The van der Waals surface area contributed by atoms with Gasteiger partial charge in [0.2, 0.25) is 0 Å². The number of halogens is 1. The zero-order chi connectivity index (χ0) is 14.0. The first kappa shape index (κ1) is 14.3. The topological polar surface area (TPSA) is 36.4 Å². The van der Waals surface area contributed by atoms with Gasteiger partial charge < -0.3 is 4.90 Å². The molecule has 0 bridgehead atoms. The maximum absolute atomic E-state index is 12.4. The molecule has 0 aliphatic carbocycles. The van der Waals surface area contributed by atoms with Gasteiger partial charge in [0.15, 0.2) is 0 Å². The highest BCUT2D eigenvalue weighted by Crippen LogP contribution is 2.14. The smallest absolute Gasteiger partial charge is 0.254 e. The van der Waals surface area contributed by atoms with Gasteiger partial charge in [0.05, 0.1) is 0 Å². The third-order valence-electron chi connectivity index (χ3n) is 3.50. The summed E-state index contributed by atoms with van der Waals surface area (Å²) in [6.45, 7) is 9.63. The number of pyridine rings is 1. The highest BCUT2D eigenvalue weighted by Gasteiger charge is 2.23. The number of piperazine rings is 1. The Labute approximate surface area is 119 Å². The average Bonchev–Trinajstić information content (AvgIpc) is 2.37. The van der Waals surface area contributed by atoms with Crippen molar-refractivity contribution in [1.82, 2.24) is 14.8 Å². The Morgan fingerprint density at radius 2 is 1.89 bits per heavy atom. The molecule has 2 heterocycles. The second-order valence-electron chi connectivity index (χ2n) is 5.24. The number of hydrogen-bond acceptors (Lipinski definition) is 3. The van der Waals surface area contributed by atoms with E-state index in [1.165, 1.54) is 0 Å². The van der Waals surface area contributed by atoms with Gasteiger partial charge in [-0.3, -0.25) is 9.69 Å². The van der Waals surface area contributed by atoms with Crippen LogP contribution in [-0.4, -0.2) is 52.9 Å². The lowest BCUT2D eigenvalue weighted by atomic mass is 10.2. The largest absolute Gasteiger partial charge is 0.336 e. The summed E-state index contributed by atoms with van der Waals surface area (Å²) in [5.74, 6) is 0.0517. The van der Waals surface area contributed by atoms with Crippen molar-refractivity contribution in [1.29, 1.82) is 0 Å². The number of carbonyl (C=O) groups excluding carboxylic acids is 1. The van der Waals surface area contributed by atoms with Crippen molar-refractivity contribution in [2.75, 3.05) is 26.2 Å². The van der Waals surface area contributed by atoms with E-state index in [4.69, 9.17) is 11.6 Å². The van der Waals surface area contributed by atoms with Gasteiger partial charge in [0, 0.05) is 43.5 Å². The molecule has 0 spiro atoms. The molecule has 1 saturated heterocycles. The lowest BCUT2D eigenvalue weighted by molar-refractivity contribution is 0.0595. The molecule has 0 radical (unpaired) electrons. The summed E-state index contributed by atoms with van der Waals surface area (Å²) < 4.78 is 0. The summed E-state index contributed by atoms with van der Waals surface area (Å²) in [4.78, 5) is 20.8. The average molecular weight is 282 g/mol. The maximum atomic E-state index is 12.4. The third-order valence-corrected chi connectivity index (χ3v) is 3.69. The van der Waals surface area contributed by atoms with E-state index in [0.29, 0.717) is 16.8 Å². The van der Waals surface area contributed by atoms with Crippen LogP contribution in [0, 0.1) is 6.92 Å². The van der Waals surface area contributed by atoms with Crippen LogP contribution in [0.5, 0.6) is 0 Å². The molecule has 1 aromatic rings. The van der Waals surface area contributed by atoms with Gasteiger partial charge in [-0.05, 0) is 32.9 Å². The van der Waals surface area contributed by atoms with E-state index in [0.717, 1.165) is 31.9 Å². The molecule has 1 aliphatic rings. The van der Waals surface area contributed by atoms with Crippen molar-refractivity contribution in [2.24, 2.45) is 0 Å². The number of hydrogen-bond donors (Lipinski definition) is 0. The molecule has 1 fully saturated rings. The number of carbonyl (C=O) groups is 1. The van der Waals surface area contributed by atoms with Crippen molar-refractivity contribution in [2.45, 2.75) is 26.8 Å². The van der Waals surface area contributed by atoms with Crippen LogP contribution in [0.1, 0.15) is 29.9 Å². The van der Waals surface area contributed by atoms with Gasteiger partial charge in [-0.1, -0.05) is 11.6 Å². The number of amides is 1. The second kappa shape index (κ2) is 5.88. The van der Waals surface area contributed by atoms with E-state index in [1.54, 1.807) is 12.1 Å². The van der Waals surface area contributed by atoms with Crippen molar-refractivity contribution in [3.8, 4) is 0 Å². The zero-order valence-electron chi connectivity index (χ0n) is 11.7. The highest BCUT2D eigenvalue weighted by atomic mass is 35.5. The van der Waals surface area contributed by atoms with Crippen LogP contribution in [0.15, 0.2) is 12.1 Å². The van der Waals surface area contributed by atoms with Crippen LogP contribution in [0.4, 0.5) is 0 Å². The Balaban J connectivity index is 2.05. The molecule has 5 heteroatoms. The molecule has 0 saturated carbocycles. The minimum Gasteiger partial charge on any atom is -0.336 e. The Kier molecular flexibility index (Phi) is 4.42. The van der Waals surface area contributed by atoms with Crippen molar-refractivity contribution >= 4 is 17.5 Å². The first-order valence-corrected chi connectivity index (χ1v) is 7.02. The number of aryl methyl sites for hydroxylation is 1. The Hall–Kier alpha value is -1.13. The summed E-state index contributed by atoms with van der Waals surface area (Å²) in [5.41, 5.74) is 1.41. The van der Waals surface area contributed by atoms with Gasteiger partial charge in [0.1, 0.15) is 5.15 Å². The van der Waals surface area contributed by atoms with Crippen LogP contribution in [-0.2, 0) is 0 Å². The molecular weight excluding hydrogens is 262 g/mol. The van der Waals surface area contributed by atoms with E-state index in [2.05, 4.69) is 23.7 Å². The fraction of sp³-hybridized carbons (Fsp3) is 0.571. The van der Waals surface area contributed by atoms with E-state index >= 15 is 0 Å². The predicted octanol–water partition coefficient (Wildman–Crippen LogP) is 2.21. The summed E-state index contributed by atoms with van der Waals surface area (Å²) in [5, 5.41) is 0.379. The molecular formula is C14H20ClN3O. The van der Waals surface area contributed by atoms with E-state index in [1.807, 2.05) is 11.8 Å². The fourth-order valence-corrected chi connectivity index (χ4v) is 2.63. The van der Waals surface area contributed by atoms with E-state index in [-0.39, 0.29) is 5.91 Å². The Morgan fingerprint density at radius 1 is 1.26 bits per heavy atom. The number of nitrogens with zero attached hydrogens (tertiary/aromatic N) is 3. The van der Waals surface area contributed by atoms with Crippen LogP contribution >= 0.6 is 11.6 Å². The minimum atomic E-state index is 0.0517. The molecule has 4 nitrogen and oxygen atoms in total. The SMILES string of the molecule is Cc1cc(C(=O)N2CCN(C(C)C)CC2)cc(Cl)n1. The Morgan fingerprint density at radius 3 is 2.42 bits per heavy atom. The van der Waals surface area contributed by atoms with Gasteiger partial charge >= 0.3 is 0 Å². The zero-order valence-corrected chi connectivity index (χ0v) is 12.4. The van der Waals surface area contributed by atoms with Gasteiger partial charge in [-0.25, -0.2) is 4.98 Å². The van der Waals surface area contributed by atoms with Gasteiger partial charge in [-0.15, -0.1) is 0 Å². The normalized spacial score (nSPS) is 17.0. The molecule has 1 aliphatic heterocycles. The molecule has 104 valence electrons. The van der Waals surface area contributed by atoms with E-state index in [9.17, 15) is 4.79 Å². The highest BCUT2D eigenvalue weighted by molar-refractivity contribution is 6.29. The first-order chi connectivity index (χ1) is 8.97. The summed E-state index contributed by atoms with van der Waals surface area (Å²) in [7, 11) is 0. The molecule has 0 N–H and O–H groups in total. The minimum absolute atomic E-state index is 0.0517. The lowest BCUT2D eigenvalue weighted by Gasteiger charge is -2.37.